The lowest BCUT2D eigenvalue weighted by atomic mass is 10.1. The number of carbonyl (C=O) groups excluding carboxylic acids is 1. The van der Waals surface area contributed by atoms with Crippen LogP contribution < -0.4 is 0 Å². The van der Waals surface area contributed by atoms with Crippen molar-refractivity contribution in [2.24, 2.45) is 0 Å². The zero-order valence-electron chi connectivity index (χ0n) is 9.56. The number of carbonyl (C=O) groups is 1. The molecule has 1 aromatic heterocycles. The van der Waals surface area contributed by atoms with E-state index in [-0.39, 0.29) is 19.1 Å². The van der Waals surface area contributed by atoms with Gasteiger partial charge in [-0.25, -0.2) is 0 Å². The molecule has 17 heavy (non-hydrogen) atoms. The molecule has 6 nitrogen and oxygen atoms in total. The summed E-state index contributed by atoms with van der Waals surface area (Å²) in [5.74, 6) is 0.442. The summed E-state index contributed by atoms with van der Waals surface area (Å²) in [5.41, 5.74) is 0. The van der Waals surface area contributed by atoms with Crippen molar-refractivity contribution in [3.63, 3.8) is 0 Å². The maximum Gasteiger partial charge on any atom is 0.242 e. The minimum absolute atomic E-state index is 0.0388. The van der Waals surface area contributed by atoms with Crippen LogP contribution in [0.15, 0.2) is 0 Å². The van der Waals surface area contributed by atoms with Gasteiger partial charge in [-0.15, -0.1) is 0 Å². The van der Waals surface area contributed by atoms with Gasteiger partial charge >= 0.3 is 0 Å². The first-order valence-corrected chi connectivity index (χ1v) is 6.16. The van der Waals surface area contributed by atoms with Crippen molar-refractivity contribution < 1.29 is 9.90 Å². The van der Waals surface area contributed by atoms with Gasteiger partial charge < -0.3 is 10.0 Å². The quantitative estimate of drug-likeness (QED) is 0.770. The van der Waals surface area contributed by atoms with Crippen LogP contribution in [0.2, 0.25) is 0 Å². The number of aliphatic hydroxyl groups excluding tert-OH is 1. The Kier molecular flexibility index (Phi) is 3.90. The molecule has 94 valence electrons. The molecule has 1 fully saturated rings. The molecule has 2 rings (SSSR count). The summed E-state index contributed by atoms with van der Waals surface area (Å²) in [6.07, 6.45) is 3.32. The largest absolute Gasteiger partial charge is 0.388 e. The number of nitrogens with zero attached hydrogens (tertiary/aromatic N) is 3. The first kappa shape index (κ1) is 12.3. The third-order valence-electron chi connectivity index (χ3n) is 2.98. The zero-order valence-corrected chi connectivity index (χ0v) is 10.4. The van der Waals surface area contributed by atoms with Crippen LogP contribution in [0.3, 0.4) is 0 Å². The Bertz CT molecular complexity index is 447. The summed E-state index contributed by atoms with van der Waals surface area (Å²) in [6.45, 7) is 1.57. The Hall–Kier alpha value is -1.21. The van der Waals surface area contributed by atoms with Crippen molar-refractivity contribution in [1.82, 2.24) is 19.7 Å². The van der Waals surface area contributed by atoms with E-state index in [0.717, 1.165) is 25.9 Å². The molecular weight excluding hydrogens is 240 g/mol. The Morgan fingerprint density at radius 2 is 2.12 bits per heavy atom. The highest BCUT2D eigenvalue weighted by atomic mass is 32.1. The van der Waals surface area contributed by atoms with Gasteiger partial charge in [-0.2, -0.15) is 5.10 Å². The minimum Gasteiger partial charge on any atom is -0.388 e. The van der Waals surface area contributed by atoms with E-state index in [1.54, 1.807) is 4.57 Å². The average Bonchev–Trinajstić information content (AvgIpc) is 2.71. The van der Waals surface area contributed by atoms with Crippen molar-refractivity contribution in [2.75, 3.05) is 13.1 Å². The number of aromatic amines is 1. The fourth-order valence-electron chi connectivity index (χ4n) is 2.01. The van der Waals surface area contributed by atoms with Crippen LogP contribution in [-0.2, 0) is 17.9 Å². The van der Waals surface area contributed by atoms with Crippen molar-refractivity contribution in [3.8, 4) is 0 Å². The number of aromatic nitrogens is 3. The van der Waals surface area contributed by atoms with Gasteiger partial charge in [0.15, 0.2) is 10.6 Å². The fraction of sp³-hybridized carbons (Fsp3) is 0.700. The van der Waals surface area contributed by atoms with E-state index < -0.39 is 0 Å². The van der Waals surface area contributed by atoms with E-state index in [1.807, 2.05) is 4.90 Å². The second-order valence-corrected chi connectivity index (χ2v) is 4.52. The first-order chi connectivity index (χ1) is 8.22. The zero-order chi connectivity index (χ0) is 12.3. The predicted octanol–water partition coefficient (Wildman–Crippen LogP) is 0.445. The van der Waals surface area contributed by atoms with Gasteiger partial charge in [-0.1, -0.05) is 0 Å². The number of nitrogens with one attached hydrogen (secondary N) is 1. The summed E-state index contributed by atoms with van der Waals surface area (Å²) in [4.78, 5) is 13.9. The Morgan fingerprint density at radius 3 is 2.76 bits per heavy atom. The number of rotatable bonds is 3. The molecule has 2 heterocycles. The van der Waals surface area contributed by atoms with Gasteiger partial charge in [0.25, 0.3) is 0 Å². The van der Waals surface area contributed by atoms with Crippen LogP contribution in [0.1, 0.15) is 25.1 Å². The normalized spacial score (nSPS) is 16.2. The number of likely N-dealkylation sites (tertiary alicyclic amines) is 1. The average molecular weight is 256 g/mol. The predicted molar refractivity (Wildman–Crippen MR) is 63.8 cm³/mol. The van der Waals surface area contributed by atoms with Crippen LogP contribution in [0.4, 0.5) is 0 Å². The number of amides is 1. The van der Waals surface area contributed by atoms with Crippen molar-refractivity contribution in [3.05, 3.63) is 10.6 Å². The van der Waals surface area contributed by atoms with Crippen molar-refractivity contribution in [2.45, 2.75) is 32.4 Å². The minimum atomic E-state index is -0.222. The van der Waals surface area contributed by atoms with E-state index in [1.165, 1.54) is 6.42 Å². The summed E-state index contributed by atoms with van der Waals surface area (Å²) in [7, 11) is 0. The summed E-state index contributed by atoms with van der Waals surface area (Å²) in [5, 5.41) is 15.5. The molecule has 0 unspecified atom stereocenters. The van der Waals surface area contributed by atoms with Gasteiger partial charge in [0, 0.05) is 13.1 Å². The topological polar surface area (TPSA) is 74.1 Å². The van der Waals surface area contributed by atoms with E-state index >= 15 is 0 Å². The summed E-state index contributed by atoms with van der Waals surface area (Å²) < 4.78 is 1.92. The molecule has 1 amide bonds. The SMILES string of the molecule is O=C(Cn1c(CO)n[nH]c1=S)N1CCCCC1. The molecule has 0 spiro atoms. The van der Waals surface area contributed by atoms with Crippen LogP contribution in [0.25, 0.3) is 0 Å². The number of piperidine rings is 1. The molecule has 0 bridgehead atoms. The highest BCUT2D eigenvalue weighted by Gasteiger charge is 2.18. The molecule has 1 aliphatic rings. The molecule has 0 aliphatic carbocycles. The third kappa shape index (κ3) is 2.73. The fourth-order valence-corrected chi connectivity index (χ4v) is 2.23. The number of aliphatic hydroxyl groups is 1. The lowest BCUT2D eigenvalue weighted by Crippen LogP contribution is -2.38. The third-order valence-corrected chi connectivity index (χ3v) is 3.29. The summed E-state index contributed by atoms with van der Waals surface area (Å²) in [6, 6.07) is 0. The molecule has 1 aliphatic heterocycles. The van der Waals surface area contributed by atoms with Crippen LogP contribution in [0, 0.1) is 4.77 Å². The van der Waals surface area contributed by atoms with Crippen LogP contribution in [-0.4, -0.2) is 43.8 Å². The highest BCUT2D eigenvalue weighted by molar-refractivity contribution is 7.71. The molecule has 0 radical (unpaired) electrons. The van der Waals surface area contributed by atoms with Gasteiger partial charge in [0.2, 0.25) is 5.91 Å². The molecular formula is C10H16N4O2S. The van der Waals surface area contributed by atoms with E-state index in [9.17, 15) is 4.79 Å². The molecule has 0 atom stereocenters. The van der Waals surface area contributed by atoms with Crippen molar-refractivity contribution >= 4 is 18.1 Å². The van der Waals surface area contributed by atoms with Gasteiger partial charge in [0.1, 0.15) is 13.2 Å². The maximum absolute atomic E-state index is 12.0. The number of H-pyrrole nitrogens is 1. The van der Waals surface area contributed by atoms with Gasteiger partial charge in [-0.3, -0.25) is 14.5 Å². The smallest absolute Gasteiger partial charge is 0.242 e. The van der Waals surface area contributed by atoms with E-state index in [2.05, 4.69) is 10.2 Å². The number of hydrogen-bond donors (Lipinski definition) is 2. The second kappa shape index (κ2) is 5.42. The van der Waals surface area contributed by atoms with Gasteiger partial charge in [-0.05, 0) is 31.5 Å². The lowest BCUT2D eigenvalue weighted by Gasteiger charge is -2.26. The molecule has 7 heteroatoms. The van der Waals surface area contributed by atoms with E-state index in [0.29, 0.717) is 10.6 Å². The molecule has 2 N–H and O–H groups in total. The van der Waals surface area contributed by atoms with E-state index in [4.69, 9.17) is 17.3 Å². The Labute approximate surface area is 104 Å². The monoisotopic (exact) mass is 256 g/mol. The molecule has 0 saturated carbocycles. The Balaban J connectivity index is 2.06. The van der Waals surface area contributed by atoms with Crippen LogP contribution in [0.5, 0.6) is 0 Å². The first-order valence-electron chi connectivity index (χ1n) is 5.75. The molecule has 1 saturated heterocycles. The standard InChI is InChI=1S/C10H16N4O2S/c15-7-8-11-12-10(17)14(8)6-9(16)13-4-2-1-3-5-13/h15H,1-7H2,(H,12,17). The highest BCUT2D eigenvalue weighted by Crippen LogP contribution is 2.10. The molecule has 0 aromatic carbocycles. The Morgan fingerprint density at radius 1 is 1.41 bits per heavy atom. The van der Waals surface area contributed by atoms with Crippen LogP contribution >= 0.6 is 12.2 Å². The maximum atomic E-state index is 12.0. The molecule has 1 aromatic rings. The van der Waals surface area contributed by atoms with Crippen molar-refractivity contribution in [1.29, 1.82) is 0 Å². The lowest BCUT2D eigenvalue weighted by molar-refractivity contribution is -0.132. The number of hydrogen-bond acceptors (Lipinski definition) is 4. The van der Waals surface area contributed by atoms with Gasteiger partial charge in [0.05, 0.1) is 0 Å². The second-order valence-electron chi connectivity index (χ2n) is 4.13. The summed E-state index contributed by atoms with van der Waals surface area (Å²) >= 11 is 5.02.